The van der Waals surface area contributed by atoms with Crippen LogP contribution in [-0.4, -0.2) is 47.4 Å². The zero-order valence-electron chi connectivity index (χ0n) is 17.3. The van der Waals surface area contributed by atoms with Crippen LogP contribution in [0.3, 0.4) is 0 Å². The van der Waals surface area contributed by atoms with Crippen molar-refractivity contribution in [2.75, 3.05) is 7.11 Å². The van der Waals surface area contributed by atoms with Gasteiger partial charge in [0.15, 0.2) is 6.04 Å². The average Bonchev–Trinajstić information content (AvgIpc) is 2.55. The molecule has 8 heteroatoms. The molecule has 7 nitrogen and oxygen atoms in total. The van der Waals surface area contributed by atoms with Crippen molar-refractivity contribution in [3.8, 4) is 0 Å². The molecule has 0 saturated heterocycles. The van der Waals surface area contributed by atoms with Gasteiger partial charge in [-0.3, -0.25) is 0 Å². The second-order valence-electron chi connectivity index (χ2n) is 8.11. The van der Waals surface area contributed by atoms with Gasteiger partial charge in [0.1, 0.15) is 11.2 Å². The Morgan fingerprint density at radius 2 is 1.32 bits per heavy atom. The van der Waals surface area contributed by atoms with E-state index in [-0.39, 0.29) is 0 Å². The molecule has 0 aromatic heterocycles. The van der Waals surface area contributed by atoms with Gasteiger partial charge in [0.25, 0.3) is 0 Å². The van der Waals surface area contributed by atoms with E-state index in [9.17, 15) is 14.4 Å². The topological polar surface area (TPSA) is 82.1 Å². The Morgan fingerprint density at radius 1 is 0.893 bits per heavy atom. The normalized spacial score (nSPS) is 13.9. The zero-order chi connectivity index (χ0) is 21.7. The standard InChI is InChI=1S/C20H28BrNO6/c1-19(2,3)27-17(24)22(18(25)28-20(4,5)6)15(16(23)26-7)14(21)13-11-9-8-10-12-13/h8-12,14-15H,1-7H3. The average molecular weight is 458 g/mol. The second-order valence-corrected chi connectivity index (χ2v) is 9.10. The monoisotopic (exact) mass is 457 g/mol. The highest BCUT2D eigenvalue weighted by Gasteiger charge is 2.44. The maximum atomic E-state index is 12.9. The van der Waals surface area contributed by atoms with Crippen molar-refractivity contribution in [1.29, 1.82) is 0 Å². The lowest BCUT2D eigenvalue weighted by atomic mass is 10.0. The van der Waals surface area contributed by atoms with Gasteiger partial charge in [0.05, 0.1) is 11.9 Å². The summed E-state index contributed by atoms with van der Waals surface area (Å²) >= 11 is 3.43. The minimum Gasteiger partial charge on any atom is -0.467 e. The van der Waals surface area contributed by atoms with Gasteiger partial charge in [0.2, 0.25) is 0 Å². The molecule has 156 valence electrons. The number of esters is 1. The molecule has 2 atom stereocenters. The van der Waals surface area contributed by atoms with Crippen LogP contribution in [0.1, 0.15) is 51.9 Å². The Morgan fingerprint density at radius 3 is 1.68 bits per heavy atom. The smallest absolute Gasteiger partial charge is 0.420 e. The first-order valence-electron chi connectivity index (χ1n) is 8.79. The highest BCUT2D eigenvalue weighted by Crippen LogP contribution is 2.32. The third kappa shape index (κ3) is 7.14. The Labute approximate surface area is 174 Å². The molecule has 28 heavy (non-hydrogen) atoms. The molecule has 1 aromatic rings. The summed E-state index contributed by atoms with van der Waals surface area (Å²) in [6.07, 6.45) is -2.00. The van der Waals surface area contributed by atoms with Crippen LogP contribution >= 0.6 is 15.9 Å². The van der Waals surface area contributed by atoms with Crippen LogP contribution < -0.4 is 0 Å². The summed E-state index contributed by atoms with van der Waals surface area (Å²) in [7, 11) is 1.18. The number of carbonyl (C=O) groups is 3. The Bertz CT molecular complexity index is 665. The summed E-state index contributed by atoms with van der Waals surface area (Å²) in [5, 5.41) is 0. The maximum absolute atomic E-state index is 12.9. The van der Waals surface area contributed by atoms with Crippen LogP contribution in [0, 0.1) is 0 Å². The second kappa shape index (κ2) is 9.41. The number of imide groups is 1. The third-order valence-corrected chi connectivity index (χ3v) is 4.33. The van der Waals surface area contributed by atoms with E-state index >= 15 is 0 Å². The third-order valence-electron chi connectivity index (χ3n) is 3.30. The van der Waals surface area contributed by atoms with Crippen molar-refractivity contribution in [3.63, 3.8) is 0 Å². The Balaban J connectivity index is 3.42. The number of halogens is 1. The fraction of sp³-hybridized carbons (Fsp3) is 0.550. The van der Waals surface area contributed by atoms with Crippen molar-refractivity contribution in [1.82, 2.24) is 4.90 Å². The molecule has 0 saturated carbocycles. The summed E-state index contributed by atoms with van der Waals surface area (Å²) in [6, 6.07) is 7.56. The quantitative estimate of drug-likeness (QED) is 0.365. The molecule has 0 aliphatic carbocycles. The van der Waals surface area contributed by atoms with E-state index in [4.69, 9.17) is 14.2 Å². The number of benzene rings is 1. The number of carbonyl (C=O) groups excluding carboxylic acids is 3. The molecular formula is C20H28BrNO6. The highest BCUT2D eigenvalue weighted by molar-refractivity contribution is 9.09. The lowest BCUT2D eigenvalue weighted by Crippen LogP contribution is -2.53. The molecule has 1 rings (SSSR count). The van der Waals surface area contributed by atoms with Crippen molar-refractivity contribution in [2.24, 2.45) is 0 Å². The molecule has 0 radical (unpaired) electrons. The molecule has 0 aliphatic heterocycles. The lowest BCUT2D eigenvalue weighted by Gasteiger charge is -2.34. The number of hydrogen-bond donors (Lipinski definition) is 0. The molecule has 0 heterocycles. The molecule has 0 bridgehead atoms. The van der Waals surface area contributed by atoms with Gasteiger partial charge in [0, 0.05) is 0 Å². The molecular weight excluding hydrogens is 430 g/mol. The van der Waals surface area contributed by atoms with Gasteiger partial charge in [-0.25, -0.2) is 14.4 Å². The summed E-state index contributed by atoms with van der Waals surface area (Å²) in [5.74, 6) is -0.789. The van der Waals surface area contributed by atoms with E-state index < -0.39 is 40.2 Å². The highest BCUT2D eigenvalue weighted by atomic mass is 79.9. The molecule has 0 spiro atoms. The predicted octanol–water partition coefficient (Wildman–Crippen LogP) is 4.84. The van der Waals surface area contributed by atoms with E-state index in [1.54, 1.807) is 65.8 Å². The van der Waals surface area contributed by atoms with E-state index in [0.717, 1.165) is 0 Å². The van der Waals surface area contributed by atoms with Gasteiger partial charge in [-0.05, 0) is 47.1 Å². The van der Waals surface area contributed by atoms with Crippen LogP contribution in [0.25, 0.3) is 0 Å². The largest absolute Gasteiger partial charge is 0.467 e. The first kappa shape index (κ1) is 23.9. The first-order chi connectivity index (χ1) is 12.8. The SMILES string of the molecule is COC(=O)C(C(Br)c1ccccc1)N(C(=O)OC(C)(C)C)C(=O)OC(C)(C)C. The fourth-order valence-corrected chi connectivity index (χ4v) is 2.98. The van der Waals surface area contributed by atoms with Gasteiger partial charge in [-0.1, -0.05) is 46.3 Å². The van der Waals surface area contributed by atoms with Gasteiger partial charge in [-0.2, -0.15) is 4.90 Å². The van der Waals surface area contributed by atoms with E-state index in [0.29, 0.717) is 10.5 Å². The first-order valence-corrected chi connectivity index (χ1v) is 9.70. The summed E-state index contributed by atoms with van der Waals surface area (Å²) in [4.78, 5) is 38.2. The van der Waals surface area contributed by atoms with Gasteiger partial charge < -0.3 is 14.2 Å². The summed E-state index contributed by atoms with van der Waals surface area (Å²) in [5.41, 5.74) is -1.09. The molecule has 0 N–H and O–H groups in total. The Kier molecular flexibility index (Phi) is 8.05. The van der Waals surface area contributed by atoms with E-state index in [1.165, 1.54) is 7.11 Å². The minimum absolute atomic E-state index is 0.661. The van der Waals surface area contributed by atoms with Crippen molar-refractivity contribution >= 4 is 34.1 Å². The zero-order valence-corrected chi connectivity index (χ0v) is 18.9. The molecule has 2 amide bonds. The number of hydrogen-bond acceptors (Lipinski definition) is 6. The van der Waals surface area contributed by atoms with Gasteiger partial charge in [-0.15, -0.1) is 0 Å². The summed E-state index contributed by atoms with van der Waals surface area (Å²) < 4.78 is 15.6. The number of methoxy groups -OCH3 is 1. The number of rotatable bonds is 4. The molecule has 0 aliphatic rings. The van der Waals surface area contributed by atoms with Crippen LogP contribution in [0.2, 0.25) is 0 Å². The van der Waals surface area contributed by atoms with Crippen LogP contribution in [0.15, 0.2) is 30.3 Å². The summed E-state index contributed by atoms with van der Waals surface area (Å²) in [6.45, 7) is 9.97. The van der Waals surface area contributed by atoms with Crippen LogP contribution in [-0.2, 0) is 19.0 Å². The van der Waals surface area contributed by atoms with Crippen LogP contribution in [0.4, 0.5) is 9.59 Å². The molecule has 2 unspecified atom stereocenters. The van der Waals surface area contributed by atoms with Gasteiger partial charge >= 0.3 is 18.2 Å². The lowest BCUT2D eigenvalue weighted by molar-refractivity contribution is -0.146. The van der Waals surface area contributed by atoms with Crippen molar-refractivity contribution in [2.45, 2.75) is 63.6 Å². The van der Waals surface area contributed by atoms with E-state index in [1.807, 2.05) is 6.07 Å². The minimum atomic E-state index is -1.34. The van der Waals surface area contributed by atoms with Crippen molar-refractivity contribution < 1.29 is 28.6 Å². The maximum Gasteiger partial charge on any atom is 0.420 e. The molecule has 1 aromatic carbocycles. The number of alkyl halides is 1. The number of ether oxygens (including phenoxy) is 3. The van der Waals surface area contributed by atoms with Crippen molar-refractivity contribution in [3.05, 3.63) is 35.9 Å². The molecule has 0 fully saturated rings. The predicted molar refractivity (Wildman–Crippen MR) is 108 cm³/mol. The fourth-order valence-electron chi connectivity index (χ4n) is 2.22. The van der Waals surface area contributed by atoms with E-state index in [2.05, 4.69) is 15.9 Å². The Hall–Kier alpha value is -2.09. The number of nitrogens with zero attached hydrogens (tertiary/aromatic N) is 1. The van der Waals surface area contributed by atoms with Crippen LogP contribution in [0.5, 0.6) is 0 Å². The number of amides is 2.